The molecule has 0 bridgehead atoms. The summed E-state index contributed by atoms with van der Waals surface area (Å²) in [5, 5.41) is 8.50. The number of carbonyl (C=O) groups is 1. The van der Waals surface area contributed by atoms with Gasteiger partial charge in [0.1, 0.15) is 6.26 Å². The third kappa shape index (κ3) is 6.55. The number of nitrogens with zero attached hydrogens (tertiary/aromatic N) is 6. The number of thioether (sulfide) groups is 1. The number of amides is 1. The highest BCUT2D eigenvalue weighted by atomic mass is 32.2. The fourth-order valence-corrected chi connectivity index (χ4v) is 5.60. The Labute approximate surface area is 255 Å². The van der Waals surface area contributed by atoms with E-state index in [1.54, 1.807) is 28.0 Å². The number of piperazine rings is 1. The topological polar surface area (TPSA) is 93.4 Å². The summed E-state index contributed by atoms with van der Waals surface area (Å²) in [4.78, 5) is 20.7. The lowest BCUT2D eigenvalue weighted by atomic mass is 10.1. The number of benzene rings is 2. The number of rotatable bonds is 7. The molecule has 16 heteroatoms. The number of anilines is 1. The summed E-state index contributed by atoms with van der Waals surface area (Å²) < 4.78 is 92.0. The molecule has 3 aromatic heterocycles. The minimum atomic E-state index is -4.56. The summed E-state index contributed by atoms with van der Waals surface area (Å²) in [7, 11) is 0. The normalized spacial score (nSPS) is 14.3. The van der Waals surface area contributed by atoms with Crippen LogP contribution in [0, 0.1) is 0 Å². The fraction of sp³-hybridized carbons (Fsp3) is 0.241. The van der Waals surface area contributed by atoms with Crippen LogP contribution in [0.5, 0.6) is 0 Å². The van der Waals surface area contributed by atoms with Gasteiger partial charge < -0.3 is 18.6 Å². The zero-order chi connectivity index (χ0) is 31.8. The molecule has 9 nitrogen and oxygen atoms in total. The van der Waals surface area contributed by atoms with Gasteiger partial charge in [-0.1, -0.05) is 23.9 Å². The average molecular weight is 649 g/mol. The van der Waals surface area contributed by atoms with Crippen LogP contribution in [0.3, 0.4) is 0 Å². The second kappa shape index (κ2) is 12.0. The number of alkyl halides is 6. The second-order valence-electron chi connectivity index (χ2n) is 9.91. The first-order valence-electron chi connectivity index (χ1n) is 13.4. The van der Waals surface area contributed by atoms with Gasteiger partial charge in [-0.05, 0) is 48.5 Å². The SMILES string of the molecule is O=C(c1coc(CSc2nnc(-c3ccco3)n2-c2cccc(C(F)(F)F)c2)n1)N1CCN(c2cccc(C(F)(F)F)c2)CC1. The van der Waals surface area contributed by atoms with E-state index in [1.807, 2.05) is 0 Å². The monoisotopic (exact) mass is 648 g/mol. The lowest BCUT2D eigenvalue weighted by Crippen LogP contribution is -2.49. The van der Waals surface area contributed by atoms with Gasteiger partial charge in [0.05, 0.1) is 28.8 Å². The van der Waals surface area contributed by atoms with Gasteiger partial charge in [-0.15, -0.1) is 10.2 Å². The van der Waals surface area contributed by atoms with Crippen LogP contribution in [-0.4, -0.2) is 56.7 Å². The Morgan fingerprint density at radius 3 is 2.13 bits per heavy atom. The van der Waals surface area contributed by atoms with E-state index in [1.165, 1.54) is 35.3 Å². The Balaban J connectivity index is 1.13. The number of hydrogen-bond acceptors (Lipinski definition) is 8. The van der Waals surface area contributed by atoms with Crippen LogP contribution in [0.4, 0.5) is 32.0 Å². The summed E-state index contributed by atoms with van der Waals surface area (Å²) >= 11 is 1.09. The highest BCUT2D eigenvalue weighted by Gasteiger charge is 2.33. The molecule has 0 saturated carbocycles. The first kappa shape index (κ1) is 30.3. The third-order valence-corrected chi connectivity index (χ3v) is 7.92. The number of oxazole rings is 1. The molecule has 234 valence electrons. The number of furan rings is 1. The Morgan fingerprint density at radius 2 is 1.49 bits per heavy atom. The standard InChI is InChI=1S/C29H22F6N6O3S/c30-28(31,32)18-4-1-6-20(14-18)39-9-11-40(12-10-39)26(42)22-16-44-24(36-22)17-45-27-38-37-25(23-8-3-13-43-23)41(27)21-7-2-5-19(15-21)29(33,34)35/h1-8,13-16H,9-12,17H2. The quantitative estimate of drug-likeness (QED) is 0.141. The first-order chi connectivity index (χ1) is 21.5. The molecular formula is C29H22F6N6O3S. The van der Waals surface area contributed by atoms with E-state index in [0.717, 1.165) is 36.0 Å². The Morgan fingerprint density at radius 1 is 0.822 bits per heavy atom. The summed E-state index contributed by atoms with van der Waals surface area (Å²) in [6.45, 7) is 1.19. The van der Waals surface area contributed by atoms with Crippen molar-refractivity contribution in [2.45, 2.75) is 23.3 Å². The zero-order valence-corrected chi connectivity index (χ0v) is 23.9. The van der Waals surface area contributed by atoms with Gasteiger partial charge in [-0.3, -0.25) is 9.36 Å². The van der Waals surface area contributed by atoms with Gasteiger partial charge in [-0.25, -0.2) is 4.98 Å². The lowest BCUT2D eigenvalue weighted by molar-refractivity contribution is -0.138. The molecule has 5 aromatic rings. The van der Waals surface area contributed by atoms with E-state index in [-0.39, 0.29) is 47.1 Å². The van der Waals surface area contributed by atoms with Crippen LogP contribution >= 0.6 is 11.8 Å². The average Bonchev–Trinajstić information content (AvgIpc) is 3.80. The van der Waals surface area contributed by atoms with E-state index < -0.39 is 29.4 Å². The summed E-state index contributed by atoms with van der Waals surface area (Å²) in [6, 6.07) is 13.0. The largest absolute Gasteiger partial charge is 0.461 e. The zero-order valence-electron chi connectivity index (χ0n) is 23.0. The molecule has 2 aromatic carbocycles. The van der Waals surface area contributed by atoms with Crippen molar-refractivity contribution in [3.8, 4) is 17.3 Å². The minimum Gasteiger partial charge on any atom is -0.461 e. The van der Waals surface area contributed by atoms with E-state index in [4.69, 9.17) is 8.83 Å². The van der Waals surface area contributed by atoms with Crippen molar-refractivity contribution in [1.82, 2.24) is 24.6 Å². The van der Waals surface area contributed by atoms with Crippen LogP contribution in [-0.2, 0) is 18.1 Å². The Kier molecular flexibility index (Phi) is 8.07. The van der Waals surface area contributed by atoms with Crippen LogP contribution < -0.4 is 4.90 Å². The van der Waals surface area contributed by atoms with Crippen molar-refractivity contribution in [3.05, 3.63) is 95.9 Å². The van der Waals surface area contributed by atoms with Crippen LogP contribution in [0.25, 0.3) is 17.3 Å². The van der Waals surface area contributed by atoms with Crippen molar-refractivity contribution in [3.63, 3.8) is 0 Å². The number of halogens is 6. The summed E-state index contributed by atoms with van der Waals surface area (Å²) in [5.41, 5.74) is -0.950. The Bertz CT molecular complexity index is 1790. The predicted octanol–water partition coefficient (Wildman–Crippen LogP) is 6.81. The van der Waals surface area contributed by atoms with Crippen molar-refractivity contribution in [2.24, 2.45) is 0 Å². The molecule has 6 rings (SSSR count). The second-order valence-corrected chi connectivity index (χ2v) is 10.9. The highest BCUT2D eigenvalue weighted by Crippen LogP contribution is 2.35. The maximum atomic E-state index is 13.5. The highest BCUT2D eigenvalue weighted by molar-refractivity contribution is 7.98. The van der Waals surface area contributed by atoms with Gasteiger partial charge in [-0.2, -0.15) is 26.3 Å². The first-order valence-corrected chi connectivity index (χ1v) is 14.4. The number of carbonyl (C=O) groups excluding carboxylic acids is 1. The maximum absolute atomic E-state index is 13.5. The molecule has 0 radical (unpaired) electrons. The third-order valence-electron chi connectivity index (χ3n) is 7.01. The molecule has 1 aliphatic heterocycles. The molecule has 0 aliphatic carbocycles. The predicted molar refractivity (Wildman–Crippen MR) is 150 cm³/mol. The molecule has 0 unspecified atom stereocenters. The van der Waals surface area contributed by atoms with Gasteiger partial charge in [0, 0.05) is 31.9 Å². The van der Waals surface area contributed by atoms with Crippen LogP contribution in [0.2, 0.25) is 0 Å². The van der Waals surface area contributed by atoms with E-state index in [0.29, 0.717) is 24.5 Å². The molecule has 0 spiro atoms. The summed E-state index contributed by atoms with van der Waals surface area (Å²) in [5.74, 6) is 0.333. The summed E-state index contributed by atoms with van der Waals surface area (Å²) in [6.07, 6.45) is -6.40. The van der Waals surface area contributed by atoms with Gasteiger partial charge in [0.2, 0.25) is 11.7 Å². The molecule has 1 amide bonds. The molecule has 0 N–H and O–H groups in total. The van der Waals surface area contributed by atoms with Crippen molar-refractivity contribution in [2.75, 3.05) is 31.1 Å². The van der Waals surface area contributed by atoms with Crippen LogP contribution in [0.1, 0.15) is 27.5 Å². The molecule has 1 fully saturated rings. The van der Waals surface area contributed by atoms with Crippen LogP contribution in [0.15, 0.2) is 87.2 Å². The van der Waals surface area contributed by atoms with E-state index >= 15 is 0 Å². The fourth-order valence-electron chi connectivity index (χ4n) is 4.79. The maximum Gasteiger partial charge on any atom is 0.416 e. The lowest BCUT2D eigenvalue weighted by Gasteiger charge is -2.36. The molecule has 0 atom stereocenters. The van der Waals surface area contributed by atoms with Gasteiger partial charge >= 0.3 is 12.4 Å². The van der Waals surface area contributed by atoms with Crippen molar-refractivity contribution < 1.29 is 40.0 Å². The van der Waals surface area contributed by atoms with E-state index in [2.05, 4.69) is 15.2 Å². The minimum absolute atomic E-state index is 0.0498. The van der Waals surface area contributed by atoms with Crippen molar-refractivity contribution >= 4 is 23.4 Å². The van der Waals surface area contributed by atoms with Gasteiger partial charge in [0.15, 0.2) is 16.6 Å². The molecule has 1 aliphatic rings. The van der Waals surface area contributed by atoms with E-state index in [9.17, 15) is 31.1 Å². The molecular weight excluding hydrogens is 626 g/mol. The number of aromatic nitrogens is 4. The number of hydrogen-bond donors (Lipinski definition) is 0. The Hall–Kier alpha value is -4.73. The smallest absolute Gasteiger partial charge is 0.416 e. The van der Waals surface area contributed by atoms with Gasteiger partial charge in [0.25, 0.3) is 5.91 Å². The van der Waals surface area contributed by atoms with Crippen molar-refractivity contribution in [1.29, 1.82) is 0 Å². The molecule has 4 heterocycles. The molecule has 1 saturated heterocycles. The molecule has 45 heavy (non-hydrogen) atoms.